The number of hydrogen-bond acceptors (Lipinski definition) is 4. The van der Waals surface area contributed by atoms with Crippen LogP contribution in [0.5, 0.6) is 0 Å². The first-order valence-corrected chi connectivity index (χ1v) is 5.85. The van der Waals surface area contributed by atoms with E-state index in [9.17, 15) is 13.2 Å². The lowest BCUT2D eigenvalue weighted by molar-refractivity contribution is -0.137. The molecule has 3 N–H and O–H groups in total. The molecular formula is C11H10F3N3S. The van der Waals surface area contributed by atoms with Gasteiger partial charge in [-0.1, -0.05) is 29.5 Å². The summed E-state index contributed by atoms with van der Waals surface area (Å²) in [5.41, 5.74) is 2.32. The molecule has 1 aromatic heterocycles. The first kappa shape index (κ1) is 12.8. The van der Waals surface area contributed by atoms with E-state index in [4.69, 9.17) is 5.84 Å². The number of halogens is 3. The number of anilines is 1. The van der Waals surface area contributed by atoms with Gasteiger partial charge in [0.25, 0.3) is 0 Å². The summed E-state index contributed by atoms with van der Waals surface area (Å²) in [6.45, 7) is 1.65. The molecule has 0 bridgehead atoms. The maximum absolute atomic E-state index is 12.9. The molecule has 0 saturated heterocycles. The zero-order valence-electron chi connectivity index (χ0n) is 9.38. The van der Waals surface area contributed by atoms with Gasteiger partial charge in [-0.05, 0) is 13.0 Å². The number of benzene rings is 1. The van der Waals surface area contributed by atoms with Crippen molar-refractivity contribution in [2.75, 3.05) is 5.43 Å². The molecule has 0 aliphatic heterocycles. The van der Waals surface area contributed by atoms with Gasteiger partial charge >= 0.3 is 6.18 Å². The quantitative estimate of drug-likeness (QED) is 0.651. The Morgan fingerprint density at radius 1 is 1.28 bits per heavy atom. The van der Waals surface area contributed by atoms with Crippen molar-refractivity contribution < 1.29 is 13.2 Å². The Morgan fingerprint density at radius 3 is 2.50 bits per heavy atom. The third-order valence-corrected chi connectivity index (χ3v) is 3.52. The van der Waals surface area contributed by atoms with Crippen molar-refractivity contribution in [3.05, 3.63) is 35.5 Å². The number of nitrogens with one attached hydrogen (secondary N) is 1. The Bertz CT molecular complexity index is 563. The molecular weight excluding hydrogens is 263 g/mol. The van der Waals surface area contributed by atoms with E-state index in [2.05, 4.69) is 10.4 Å². The smallest absolute Gasteiger partial charge is 0.300 e. The molecule has 0 aliphatic rings. The summed E-state index contributed by atoms with van der Waals surface area (Å²) in [7, 11) is 0. The van der Waals surface area contributed by atoms with Gasteiger partial charge in [-0.2, -0.15) is 13.2 Å². The molecule has 0 saturated carbocycles. The molecule has 0 radical (unpaired) electrons. The molecule has 2 aromatic rings. The van der Waals surface area contributed by atoms with E-state index in [0.29, 0.717) is 15.7 Å². The number of alkyl halides is 3. The number of thiazole rings is 1. The fraction of sp³-hybridized carbons (Fsp3) is 0.182. The molecule has 0 fully saturated rings. The molecule has 0 unspecified atom stereocenters. The fourth-order valence-electron chi connectivity index (χ4n) is 1.64. The van der Waals surface area contributed by atoms with Gasteiger partial charge in [-0.25, -0.2) is 10.8 Å². The van der Waals surface area contributed by atoms with E-state index < -0.39 is 11.7 Å². The van der Waals surface area contributed by atoms with Crippen LogP contribution in [-0.4, -0.2) is 4.98 Å². The monoisotopic (exact) mass is 273 g/mol. The van der Waals surface area contributed by atoms with E-state index in [1.165, 1.54) is 12.1 Å². The normalized spacial score (nSPS) is 11.6. The van der Waals surface area contributed by atoms with Crippen molar-refractivity contribution in [3.63, 3.8) is 0 Å². The SMILES string of the molecule is Cc1nc(NN)sc1-c1ccccc1C(F)(F)F. The molecule has 3 nitrogen and oxygen atoms in total. The molecule has 1 aromatic carbocycles. The van der Waals surface area contributed by atoms with Gasteiger partial charge in [0, 0.05) is 5.56 Å². The maximum atomic E-state index is 12.9. The largest absolute Gasteiger partial charge is 0.417 e. The summed E-state index contributed by atoms with van der Waals surface area (Å²) in [6, 6.07) is 5.43. The van der Waals surface area contributed by atoms with Crippen LogP contribution in [0.25, 0.3) is 10.4 Å². The molecule has 0 atom stereocenters. The standard InChI is InChI=1S/C11H10F3N3S/c1-6-9(18-10(16-6)17-15)7-4-2-3-5-8(7)11(12,13)14/h2-5H,15H2,1H3,(H,16,17). The fourth-order valence-corrected chi connectivity index (χ4v) is 2.55. The number of nitrogens with zero attached hydrogens (tertiary/aromatic N) is 1. The van der Waals surface area contributed by atoms with Gasteiger partial charge < -0.3 is 0 Å². The van der Waals surface area contributed by atoms with E-state index in [-0.39, 0.29) is 5.56 Å². The summed E-state index contributed by atoms with van der Waals surface area (Å²) in [6.07, 6.45) is -4.39. The van der Waals surface area contributed by atoms with Crippen molar-refractivity contribution in [3.8, 4) is 10.4 Å². The lowest BCUT2D eigenvalue weighted by Gasteiger charge is -2.11. The molecule has 2 rings (SSSR count). The third kappa shape index (κ3) is 2.32. The second-order valence-electron chi connectivity index (χ2n) is 3.62. The summed E-state index contributed by atoms with van der Waals surface area (Å²) >= 11 is 1.10. The number of nitrogens with two attached hydrogens (primary N) is 1. The third-order valence-electron chi connectivity index (χ3n) is 2.40. The summed E-state index contributed by atoms with van der Waals surface area (Å²) < 4.78 is 38.7. The number of rotatable bonds is 2. The van der Waals surface area contributed by atoms with Gasteiger partial charge in [0.15, 0.2) is 5.13 Å². The van der Waals surface area contributed by atoms with Gasteiger partial charge in [0.05, 0.1) is 16.1 Å². The Kier molecular flexibility index (Phi) is 3.27. The van der Waals surface area contributed by atoms with Crippen LogP contribution >= 0.6 is 11.3 Å². The summed E-state index contributed by atoms with van der Waals surface area (Å²) in [4.78, 5) is 4.51. The van der Waals surface area contributed by atoms with Crippen molar-refractivity contribution in [2.24, 2.45) is 5.84 Å². The minimum Gasteiger partial charge on any atom is -0.300 e. The minimum atomic E-state index is -4.39. The number of aryl methyl sites for hydroxylation is 1. The topological polar surface area (TPSA) is 50.9 Å². The van der Waals surface area contributed by atoms with Crippen LogP contribution in [0, 0.1) is 6.92 Å². The summed E-state index contributed by atoms with van der Waals surface area (Å²) in [5, 5.41) is 0.388. The zero-order chi connectivity index (χ0) is 13.3. The number of nitrogen functional groups attached to an aromatic ring is 1. The number of hydrogen-bond donors (Lipinski definition) is 2. The molecule has 0 amide bonds. The van der Waals surface area contributed by atoms with Crippen molar-refractivity contribution >= 4 is 16.5 Å². The van der Waals surface area contributed by atoms with Gasteiger partial charge in [-0.3, -0.25) is 5.43 Å². The predicted molar refractivity (Wildman–Crippen MR) is 65.1 cm³/mol. The van der Waals surface area contributed by atoms with Gasteiger partial charge in [0.2, 0.25) is 0 Å². The molecule has 18 heavy (non-hydrogen) atoms. The zero-order valence-corrected chi connectivity index (χ0v) is 10.2. The van der Waals surface area contributed by atoms with Crippen LogP contribution in [0.3, 0.4) is 0 Å². The van der Waals surface area contributed by atoms with Crippen LogP contribution in [0.2, 0.25) is 0 Å². The highest BCUT2D eigenvalue weighted by molar-refractivity contribution is 7.19. The van der Waals surface area contributed by atoms with Crippen LogP contribution in [0.1, 0.15) is 11.3 Å². The van der Waals surface area contributed by atoms with Gasteiger partial charge in [0.1, 0.15) is 0 Å². The van der Waals surface area contributed by atoms with E-state index in [0.717, 1.165) is 17.4 Å². The van der Waals surface area contributed by atoms with E-state index in [1.54, 1.807) is 13.0 Å². The lowest BCUT2D eigenvalue weighted by atomic mass is 10.0. The molecule has 0 aliphatic carbocycles. The summed E-state index contributed by atoms with van der Waals surface area (Å²) in [5.74, 6) is 5.21. The minimum absolute atomic E-state index is 0.126. The average Bonchev–Trinajstić information content (AvgIpc) is 2.69. The van der Waals surface area contributed by atoms with Gasteiger partial charge in [-0.15, -0.1) is 0 Å². The second kappa shape index (κ2) is 4.58. The van der Waals surface area contributed by atoms with Crippen LogP contribution < -0.4 is 11.3 Å². The molecule has 0 spiro atoms. The first-order chi connectivity index (χ1) is 8.43. The number of aromatic nitrogens is 1. The van der Waals surface area contributed by atoms with Crippen molar-refractivity contribution in [1.82, 2.24) is 4.98 Å². The van der Waals surface area contributed by atoms with Crippen LogP contribution in [0.15, 0.2) is 24.3 Å². The van der Waals surface area contributed by atoms with Crippen molar-refractivity contribution in [1.29, 1.82) is 0 Å². The highest BCUT2D eigenvalue weighted by Gasteiger charge is 2.34. The Morgan fingerprint density at radius 2 is 1.94 bits per heavy atom. The Hall–Kier alpha value is -1.60. The first-order valence-electron chi connectivity index (χ1n) is 5.04. The van der Waals surface area contributed by atoms with Crippen LogP contribution in [-0.2, 0) is 6.18 Å². The van der Waals surface area contributed by atoms with Crippen LogP contribution in [0.4, 0.5) is 18.3 Å². The molecule has 7 heteroatoms. The Labute approximate surface area is 105 Å². The highest BCUT2D eigenvalue weighted by atomic mass is 32.1. The van der Waals surface area contributed by atoms with Crippen molar-refractivity contribution in [2.45, 2.75) is 13.1 Å². The molecule has 1 heterocycles. The Balaban J connectivity index is 2.60. The second-order valence-corrected chi connectivity index (χ2v) is 4.62. The average molecular weight is 273 g/mol. The molecule has 96 valence electrons. The van der Waals surface area contributed by atoms with E-state index in [1.807, 2.05) is 0 Å². The van der Waals surface area contributed by atoms with E-state index >= 15 is 0 Å². The predicted octanol–water partition coefficient (Wildman–Crippen LogP) is 3.42. The maximum Gasteiger partial charge on any atom is 0.417 e. The highest BCUT2D eigenvalue weighted by Crippen LogP contribution is 2.40. The lowest BCUT2D eigenvalue weighted by Crippen LogP contribution is -2.06. The number of hydrazine groups is 1.